The Morgan fingerprint density at radius 3 is 2.94 bits per heavy atom. The van der Waals surface area contributed by atoms with Crippen molar-refractivity contribution in [1.82, 2.24) is 19.7 Å². The van der Waals surface area contributed by atoms with Crippen LogP contribution in [0.15, 0.2) is 28.7 Å². The summed E-state index contributed by atoms with van der Waals surface area (Å²) in [5.41, 5.74) is 5.45. The number of hydrogen-bond acceptors (Lipinski definition) is 6. The molecule has 0 atom stereocenters. The van der Waals surface area contributed by atoms with Gasteiger partial charge in [0.05, 0.1) is 17.6 Å². The highest BCUT2D eigenvalue weighted by Gasteiger charge is 2.15. The molecule has 0 aliphatic heterocycles. The lowest BCUT2D eigenvalue weighted by atomic mass is 10.5. The van der Waals surface area contributed by atoms with Gasteiger partial charge in [0.15, 0.2) is 0 Å². The van der Waals surface area contributed by atoms with E-state index in [1.54, 1.807) is 28.5 Å². The first-order chi connectivity index (χ1) is 8.62. The molecule has 7 nitrogen and oxygen atoms in total. The third-order valence-corrected chi connectivity index (χ3v) is 4.79. The van der Waals surface area contributed by atoms with Gasteiger partial charge >= 0.3 is 0 Å². The Kier molecular flexibility index (Phi) is 4.07. The van der Waals surface area contributed by atoms with E-state index in [0.29, 0.717) is 13.1 Å². The average molecular weight is 287 g/mol. The Hall–Kier alpha value is -1.29. The second kappa shape index (κ2) is 5.57. The molecule has 0 saturated heterocycles. The third kappa shape index (κ3) is 3.13. The Morgan fingerprint density at radius 1 is 1.50 bits per heavy atom. The molecule has 0 amide bonds. The van der Waals surface area contributed by atoms with E-state index in [9.17, 15) is 8.42 Å². The van der Waals surface area contributed by atoms with Crippen molar-refractivity contribution in [3.05, 3.63) is 28.7 Å². The molecule has 0 radical (unpaired) electrons. The van der Waals surface area contributed by atoms with Gasteiger partial charge in [-0.1, -0.05) is 5.21 Å². The molecule has 0 aliphatic carbocycles. The molecule has 0 aromatic carbocycles. The van der Waals surface area contributed by atoms with Crippen LogP contribution in [-0.4, -0.2) is 30.0 Å². The summed E-state index contributed by atoms with van der Waals surface area (Å²) in [5, 5.41) is 8.96. The molecule has 2 aromatic heterocycles. The minimum Gasteiger partial charge on any atom is -0.326 e. The predicted molar refractivity (Wildman–Crippen MR) is 67.4 cm³/mol. The highest BCUT2D eigenvalue weighted by molar-refractivity contribution is 7.89. The van der Waals surface area contributed by atoms with Crippen molar-refractivity contribution in [3.8, 4) is 0 Å². The van der Waals surface area contributed by atoms with E-state index in [1.807, 2.05) is 0 Å². The molecular formula is C9H13N5O2S2. The van der Waals surface area contributed by atoms with Gasteiger partial charge in [-0.3, -0.25) is 4.68 Å². The normalized spacial score (nSPS) is 11.8. The van der Waals surface area contributed by atoms with Crippen LogP contribution in [-0.2, 0) is 23.1 Å². The molecule has 18 heavy (non-hydrogen) atoms. The van der Waals surface area contributed by atoms with E-state index in [1.165, 1.54) is 11.3 Å². The van der Waals surface area contributed by atoms with Crippen molar-refractivity contribution in [3.63, 3.8) is 0 Å². The van der Waals surface area contributed by atoms with Gasteiger partial charge in [-0.25, -0.2) is 13.1 Å². The number of nitrogens with zero attached hydrogens (tertiary/aromatic N) is 3. The molecule has 0 fully saturated rings. The van der Waals surface area contributed by atoms with Crippen LogP contribution >= 0.6 is 11.3 Å². The first kappa shape index (κ1) is 13.1. The van der Waals surface area contributed by atoms with Crippen molar-refractivity contribution >= 4 is 21.4 Å². The predicted octanol–water partition coefficient (Wildman–Crippen LogP) is -0.223. The molecule has 0 bridgehead atoms. The van der Waals surface area contributed by atoms with Gasteiger partial charge in [-0.05, 0) is 6.07 Å². The molecule has 9 heteroatoms. The van der Waals surface area contributed by atoms with E-state index < -0.39 is 10.0 Å². The quantitative estimate of drug-likeness (QED) is 0.764. The van der Waals surface area contributed by atoms with Gasteiger partial charge in [-0.2, -0.15) is 0 Å². The summed E-state index contributed by atoms with van der Waals surface area (Å²) in [5.74, 6) is 0. The largest absolute Gasteiger partial charge is 0.326 e. The maximum Gasteiger partial charge on any atom is 0.241 e. The van der Waals surface area contributed by atoms with Gasteiger partial charge in [0.25, 0.3) is 0 Å². The summed E-state index contributed by atoms with van der Waals surface area (Å²) in [6.07, 6.45) is 3.21. The fraction of sp³-hybridized carbons (Fsp3) is 0.333. The molecule has 0 spiro atoms. The summed E-state index contributed by atoms with van der Waals surface area (Å²) < 4.78 is 27.9. The first-order valence-electron chi connectivity index (χ1n) is 5.23. The molecule has 0 unspecified atom stereocenters. The lowest BCUT2D eigenvalue weighted by Gasteiger charge is -2.04. The molecule has 2 rings (SSSR count). The highest BCUT2D eigenvalue weighted by atomic mass is 32.2. The van der Waals surface area contributed by atoms with Crippen LogP contribution in [0.4, 0.5) is 0 Å². The number of nitrogens with one attached hydrogen (secondary N) is 1. The minimum atomic E-state index is -3.46. The fourth-order valence-corrected chi connectivity index (χ4v) is 3.51. The van der Waals surface area contributed by atoms with Crippen molar-refractivity contribution in [1.29, 1.82) is 0 Å². The minimum absolute atomic E-state index is 0.256. The van der Waals surface area contributed by atoms with Crippen LogP contribution in [0.5, 0.6) is 0 Å². The fourth-order valence-electron chi connectivity index (χ4n) is 1.34. The number of thiophene rings is 1. The number of hydrogen-bond donors (Lipinski definition) is 2. The lowest BCUT2D eigenvalue weighted by Crippen LogP contribution is -2.27. The lowest BCUT2D eigenvalue weighted by molar-refractivity contribution is 0.553. The first-order valence-corrected chi connectivity index (χ1v) is 7.59. The molecule has 2 heterocycles. The second-order valence-corrected chi connectivity index (χ2v) is 6.28. The Morgan fingerprint density at radius 2 is 2.33 bits per heavy atom. The molecule has 98 valence electrons. The SMILES string of the molecule is NCc1cc(S(=O)(=O)NCCn2ccnn2)cs1. The van der Waals surface area contributed by atoms with Crippen molar-refractivity contribution in [2.45, 2.75) is 18.0 Å². The van der Waals surface area contributed by atoms with E-state index in [0.717, 1.165) is 4.88 Å². The summed E-state index contributed by atoms with van der Waals surface area (Å²) in [4.78, 5) is 1.10. The van der Waals surface area contributed by atoms with Gasteiger partial charge in [-0.15, -0.1) is 16.4 Å². The Balaban J connectivity index is 1.95. The Labute approximate surface area is 109 Å². The summed E-state index contributed by atoms with van der Waals surface area (Å²) >= 11 is 1.34. The van der Waals surface area contributed by atoms with Crippen molar-refractivity contribution < 1.29 is 8.42 Å². The second-order valence-electron chi connectivity index (χ2n) is 3.52. The van der Waals surface area contributed by atoms with E-state index in [2.05, 4.69) is 15.0 Å². The highest BCUT2D eigenvalue weighted by Crippen LogP contribution is 2.18. The molecular weight excluding hydrogens is 274 g/mol. The maximum atomic E-state index is 11.9. The zero-order valence-electron chi connectivity index (χ0n) is 9.48. The zero-order valence-corrected chi connectivity index (χ0v) is 11.1. The topological polar surface area (TPSA) is 103 Å². The van der Waals surface area contributed by atoms with Crippen LogP contribution in [0.2, 0.25) is 0 Å². The number of rotatable bonds is 6. The van der Waals surface area contributed by atoms with Crippen LogP contribution in [0.25, 0.3) is 0 Å². The van der Waals surface area contributed by atoms with E-state index in [4.69, 9.17) is 5.73 Å². The van der Waals surface area contributed by atoms with Crippen LogP contribution in [0.3, 0.4) is 0 Å². The van der Waals surface area contributed by atoms with Crippen LogP contribution in [0, 0.1) is 0 Å². The summed E-state index contributed by atoms with van der Waals surface area (Å²) in [6.45, 7) is 1.05. The van der Waals surface area contributed by atoms with Crippen LogP contribution < -0.4 is 10.5 Å². The number of sulfonamides is 1. The standard InChI is InChI=1S/C9H13N5O2S2/c10-6-8-5-9(7-17-8)18(15,16)12-2-4-14-3-1-11-13-14/h1,3,5,7,12H,2,4,6,10H2. The monoisotopic (exact) mass is 287 g/mol. The van der Waals surface area contributed by atoms with Crippen molar-refractivity contribution in [2.24, 2.45) is 5.73 Å². The summed E-state index contributed by atoms with van der Waals surface area (Å²) in [7, 11) is -3.46. The van der Waals surface area contributed by atoms with E-state index >= 15 is 0 Å². The zero-order chi connectivity index (χ0) is 13.0. The number of nitrogens with two attached hydrogens (primary N) is 1. The van der Waals surface area contributed by atoms with E-state index in [-0.39, 0.29) is 11.4 Å². The van der Waals surface area contributed by atoms with Crippen molar-refractivity contribution in [2.75, 3.05) is 6.54 Å². The molecule has 0 aliphatic rings. The molecule has 0 saturated carbocycles. The summed E-state index contributed by atoms with van der Waals surface area (Å²) in [6, 6.07) is 1.59. The third-order valence-electron chi connectivity index (χ3n) is 2.25. The maximum absolute atomic E-state index is 11.9. The number of aromatic nitrogens is 3. The van der Waals surface area contributed by atoms with Gasteiger partial charge in [0, 0.05) is 29.5 Å². The van der Waals surface area contributed by atoms with Gasteiger partial charge in [0.1, 0.15) is 0 Å². The average Bonchev–Trinajstić information content (AvgIpc) is 2.99. The van der Waals surface area contributed by atoms with Crippen LogP contribution in [0.1, 0.15) is 4.88 Å². The molecule has 3 N–H and O–H groups in total. The Bertz CT molecular complexity index is 590. The van der Waals surface area contributed by atoms with Gasteiger partial charge in [0.2, 0.25) is 10.0 Å². The smallest absolute Gasteiger partial charge is 0.241 e. The van der Waals surface area contributed by atoms with Gasteiger partial charge < -0.3 is 5.73 Å². The molecule has 2 aromatic rings.